The Kier molecular flexibility index (Phi) is 5.61. The standard InChI is InChI=1S/C21H28OSi/c1-8-9-22-23(20-16(4)10-14(2)11-17(20)5)21-18(6)12-15(3)13-19(21)7/h8,10-13,23H,1,9H2,2-7H3. The van der Waals surface area contributed by atoms with Crippen LogP contribution in [0.4, 0.5) is 0 Å². The van der Waals surface area contributed by atoms with Crippen LogP contribution in [0.25, 0.3) is 0 Å². The molecule has 2 rings (SSSR count). The van der Waals surface area contributed by atoms with Crippen LogP contribution in [0.5, 0.6) is 0 Å². The predicted molar refractivity (Wildman–Crippen MR) is 104 cm³/mol. The fraction of sp³-hybridized carbons (Fsp3) is 0.333. The van der Waals surface area contributed by atoms with Gasteiger partial charge in [0.05, 0.1) is 6.61 Å². The van der Waals surface area contributed by atoms with Crippen molar-refractivity contribution < 1.29 is 4.43 Å². The van der Waals surface area contributed by atoms with Crippen molar-refractivity contribution in [2.24, 2.45) is 0 Å². The molecule has 0 aliphatic heterocycles. The van der Waals surface area contributed by atoms with E-state index in [1.165, 1.54) is 43.8 Å². The molecule has 2 aromatic carbocycles. The molecule has 0 radical (unpaired) electrons. The minimum absolute atomic E-state index is 0.608. The summed E-state index contributed by atoms with van der Waals surface area (Å²) in [5.74, 6) is 0. The minimum Gasteiger partial charge on any atom is -0.407 e. The molecule has 0 aliphatic rings. The normalized spacial score (nSPS) is 11.1. The molecule has 122 valence electrons. The average molecular weight is 325 g/mol. The average Bonchev–Trinajstić information content (AvgIpc) is 2.41. The molecule has 2 aromatic rings. The molecule has 23 heavy (non-hydrogen) atoms. The van der Waals surface area contributed by atoms with Gasteiger partial charge in [0.15, 0.2) is 0 Å². The Labute approximate surface area is 142 Å². The third-order valence-corrected chi connectivity index (χ3v) is 7.78. The molecule has 0 aromatic heterocycles. The van der Waals surface area contributed by atoms with Crippen molar-refractivity contribution in [1.82, 2.24) is 0 Å². The Morgan fingerprint density at radius 1 is 0.783 bits per heavy atom. The van der Waals surface area contributed by atoms with E-state index in [1.54, 1.807) is 0 Å². The van der Waals surface area contributed by atoms with Gasteiger partial charge in [-0.1, -0.05) is 41.5 Å². The Morgan fingerprint density at radius 3 is 1.43 bits per heavy atom. The molecule has 0 N–H and O–H groups in total. The smallest absolute Gasteiger partial charge is 0.241 e. The SMILES string of the molecule is C=CCO[SiH](c1c(C)cc(C)cc1C)c1c(C)cc(C)cc1C. The highest BCUT2D eigenvalue weighted by Gasteiger charge is 2.25. The number of benzene rings is 2. The molecule has 0 bridgehead atoms. The zero-order valence-corrected chi connectivity index (χ0v) is 16.4. The maximum absolute atomic E-state index is 6.39. The molecule has 0 atom stereocenters. The molecule has 0 saturated heterocycles. The maximum atomic E-state index is 6.39. The molecule has 0 heterocycles. The summed E-state index contributed by atoms with van der Waals surface area (Å²) in [6, 6.07) is 9.10. The summed E-state index contributed by atoms with van der Waals surface area (Å²) >= 11 is 0. The van der Waals surface area contributed by atoms with Crippen LogP contribution in [0.3, 0.4) is 0 Å². The molecular formula is C21H28OSi. The molecular weight excluding hydrogens is 296 g/mol. The third-order valence-electron chi connectivity index (χ3n) is 4.38. The van der Waals surface area contributed by atoms with Gasteiger partial charge >= 0.3 is 0 Å². The van der Waals surface area contributed by atoms with Crippen LogP contribution in [0.15, 0.2) is 36.9 Å². The zero-order valence-electron chi connectivity index (χ0n) is 15.3. The first-order valence-corrected chi connectivity index (χ1v) is 9.85. The summed E-state index contributed by atoms with van der Waals surface area (Å²) in [5, 5.41) is 2.85. The first-order chi connectivity index (χ1) is 10.8. The van der Waals surface area contributed by atoms with Crippen molar-refractivity contribution in [2.45, 2.75) is 41.5 Å². The first-order valence-electron chi connectivity index (χ1n) is 8.23. The fourth-order valence-corrected chi connectivity index (χ4v) is 6.62. The summed E-state index contributed by atoms with van der Waals surface area (Å²) in [5.41, 5.74) is 8.03. The topological polar surface area (TPSA) is 9.23 Å². The summed E-state index contributed by atoms with van der Waals surface area (Å²) in [6.07, 6.45) is 1.86. The molecule has 0 unspecified atom stereocenters. The summed E-state index contributed by atoms with van der Waals surface area (Å²) in [6.45, 7) is 17.6. The minimum atomic E-state index is -1.74. The second-order valence-electron chi connectivity index (χ2n) is 6.63. The lowest BCUT2D eigenvalue weighted by Gasteiger charge is -2.24. The van der Waals surface area contributed by atoms with Gasteiger partial charge in [-0.15, -0.1) is 6.58 Å². The second kappa shape index (κ2) is 7.29. The van der Waals surface area contributed by atoms with Gasteiger partial charge < -0.3 is 4.43 Å². The van der Waals surface area contributed by atoms with Gasteiger partial charge in [-0.25, -0.2) is 0 Å². The van der Waals surface area contributed by atoms with Gasteiger partial charge in [-0.2, -0.15) is 0 Å². The van der Waals surface area contributed by atoms with Crippen molar-refractivity contribution in [3.8, 4) is 0 Å². The Morgan fingerprint density at radius 2 is 1.13 bits per heavy atom. The Bertz CT molecular complexity index is 627. The van der Waals surface area contributed by atoms with Crippen molar-refractivity contribution in [3.63, 3.8) is 0 Å². The highest BCUT2D eigenvalue weighted by atomic mass is 28.3. The van der Waals surface area contributed by atoms with E-state index in [0.29, 0.717) is 6.61 Å². The molecule has 0 saturated carbocycles. The third kappa shape index (κ3) is 3.82. The van der Waals surface area contributed by atoms with Crippen molar-refractivity contribution >= 4 is 19.4 Å². The largest absolute Gasteiger partial charge is 0.407 e. The zero-order chi connectivity index (χ0) is 17.1. The van der Waals surface area contributed by atoms with E-state index < -0.39 is 9.04 Å². The number of rotatable bonds is 5. The summed E-state index contributed by atoms with van der Waals surface area (Å²) in [7, 11) is -1.74. The molecule has 0 aliphatic carbocycles. The van der Waals surface area contributed by atoms with E-state index >= 15 is 0 Å². The van der Waals surface area contributed by atoms with Gasteiger partial charge in [0.2, 0.25) is 9.04 Å². The molecule has 2 heteroatoms. The predicted octanol–water partition coefficient (Wildman–Crippen LogP) is 3.58. The Hall–Kier alpha value is -1.64. The van der Waals surface area contributed by atoms with Crippen LogP contribution in [-0.4, -0.2) is 15.6 Å². The van der Waals surface area contributed by atoms with E-state index in [4.69, 9.17) is 4.43 Å². The number of hydrogen-bond donors (Lipinski definition) is 0. The van der Waals surface area contributed by atoms with E-state index in [2.05, 4.69) is 72.4 Å². The maximum Gasteiger partial charge on any atom is 0.241 e. The van der Waals surface area contributed by atoms with Gasteiger partial charge in [-0.3, -0.25) is 0 Å². The van der Waals surface area contributed by atoms with Gasteiger partial charge in [0, 0.05) is 0 Å². The van der Waals surface area contributed by atoms with Crippen LogP contribution in [0.1, 0.15) is 33.4 Å². The van der Waals surface area contributed by atoms with Crippen LogP contribution < -0.4 is 10.4 Å². The van der Waals surface area contributed by atoms with Gasteiger partial charge in [0.1, 0.15) is 0 Å². The van der Waals surface area contributed by atoms with E-state index in [0.717, 1.165) is 0 Å². The lowest BCUT2D eigenvalue weighted by Crippen LogP contribution is -2.50. The fourth-order valence-electron chi connectivity index (χ4n) is 3.68. The van der Waals surface area contributed by atoms with Crippen LogP contribution in [-0.2, 0) is 4.43 Å². The number of aryl methyl sites for hydroxylation is 6. The quantitative estimate of drug-likeness (QED) is 0.603. The van der Waals surface area contributed by atoms with Gasteiger partial charge in [0.25, 0.3) is 0 Å². The highest BCUT2D eigenvalue weighted by Crippen LogP contribution is 2.13. The van der Waals surface area contributed by atoms with Crippen molar-refractivity contribution in [2.75, 3.05) is 6.61 Å². The van der Waals surface area contributed by atoms with Crippen LogP contribution in [0.2, 0.25) is 0 Å². The molecule has 1 nitrogen and oxygen atoms in total. The first kappa shape index (κ1) is 17.7. The van der Waals surface area contributed by atoms with Crippen molar-refractivity contribution in [1.29, 1.82) is 0 Å². The van der Waals surface area contributed by atoms with E-state index in [9.17, 15) is 0 Å². The summed E-state index contributed by atoms with van der Waals surface area (Å²) < 4.78 is 6.39. The van der Waals surface area contributed by atoms with Crippen LogP contribution >= 0.6 is 0 Å². The molecule has 0 amide bonds. The van der Waals surface area contributed by atoms with Crippen molar-refractivity contribution in [3.05, 3.63) is 70.3 Å². The summed E-state index contributed by atoms with van der Waals surface area (Å²) in [4.78, 5) is 0. The Balaban J connectivity index is 2.66. The molecule has 0 spiro atoms. The van der Waals surface area contributed by atoms with E-state index in [-0.39, 0.29) is 0 Å². The van der Waals surface area contributed by atoms with Gasteiger partial charge in [-0.05, 0) is 74.2 Å². The van der Waals surface area contributed by atoms with E-state index in [1.807, 2.05) is 6.08 Å². The lowest BCUT2D eigenvalue weighted by molar-refractivity contribution is 0.382. The van der Waals surface area contributed by atoms with Crippen LogP contribution in [0, 0.1) is 41.5 Å². The highest BCUT2D eigenvalue weighted by molar-refractivity contribution is 6.81. The monoisotopic (exact) mass is 324 g/mol. The molecule has 0 fully saturated rings. The number of hydrogen-bond acceptors (Lipinski definition) is 1. The lowest BCUT2D eigenvalue weighted by atomic mass is 10.1. The second-order valence-corrected chi connectivity index (χ2v) is 8.87.